The maximum atomic E-state index is 13.1. The molecule has 15 nitrogen and oxygen atoms in total. The minimum atomic E-state index is -1.84. The summed E-state index contributed by atoms with van der Waals surface area (Å²) in [6.07, 6.45) is 2.87. The van der Waals surface area contributed by atoms with Crippen LogP contribution < -0.4 is 20.9 Å². The van der Waals surface area contributed by atoms with Crippen molar-refractivity contribution in [2.75, 3.05) is 30.1 Å². The van der Waals surface area contributed by atoms with E-state index in [2.05, 4.69) is 16.0 Å². The number of anilines is 2. The molecule has 7 N–H and O–H groups in total. The van der Waals surface area contributed by atoms with Crippen molar-refractivity contribution in [1.29, 1.82) is 0 Å². The Morgan fingerprint density at radius 2 is 1.60 bits per heavy atom. The fourth-order valence-electron chi connectivity index (χ4n) is 4.79. The molecule has 0 spiro atoms. The summed E-state index contributed by atoms with van der Waals surface area (Å²) in [7, 11) is 0. The molecule has 0 radical (unpaired) electrons. The Bertz CT molecular complexity index is 1500. The van der Waals surface area contributed by atoms with E-state index in [-0.39, 0.29) is 48.3 Å². The molecular formula is C32H40N4O11S. The Morgan fingerprint density at radius 1 is 0.896 bits per heavy atom. The smallest absolute Gasteiger partial charge is 0.395 e. The minimum absolute atomic E-state index is 0.0115. The van der Waals surface area contributed by atoms with E-state index in [1.54, 1.807) is 0 Å². The number of unbranched alkanes of at least 4 members (excludes halogenated alkanes) is 1. The number of aliphatic carboxylic acids is 2. The summed E-state index contributed by atoms with van der Waals surface area (Å²) in [5.74, 6) is -6.62. The van der Waals surface area contributed by atoms with Crippen LogP contribution in [0.1, 0.15) is 54.1 Å². The summed E-state index contributed by atoms with van der Waals surface area (Å²) < 4.78 is 0. The first-order valence-electron chi connectivity index (χ1n) is 15.0. The van der Waals surface area contributed by atoms with Crippen molar-refractivity contribution in [3.8, 4) is 0 Å². The first kappa shape index (κ1) is 39.2. The molecule has 0 aliphatic heterocycles. The van der Waals surface area contributed by atoms with Crippen LogP contribution in [0, 0.1) is 0 Å². The average Bonchev–Trinajstić information content (AvgIpc) is 3.03. The monoisotopic (exact) mass is 688 g/mol. The molecule has 0 heterocycles. The van der Waals surface area contributed by atoms with E-state index in [0.29, 0.717) is 30.6 Å². The predicted molar refractivity (Wildman–Crippen MR) is 176 cm³/mol. The Balaban J connectivity index is 2.20. The Labute approximate surface area is 281 Å². The van der Waals surface area contributed by atoms with Crippen molar-refractivity contribution >= 4 is 64.7 Å². The molecule has 0 aromatic heterocycles. The number of aliphatic hydroxyl groups excluding tert-OH is 1. The largest absolute Gasteiger partial charge is 0.480 e. The maximum absolute atomic E-state index is 13.1. The van der Waals surface area contributed by atoms with Gasteiger partial charge >= 0.3 is 23.8 Å². The van der Waals surface area contributed by atoms with Gasteiger partial charge in [-0.1, -0.05) is 24.3 Å². The zero-order chi connectivity index (χ0) is 35.8. The van der Waals surface area contributed by atoms with Gasteiger partial charge in [0.15, 0.2) is 0 Å². The van der Waals surface area contributed by atoms with E-state index in [1.807, 2.05) is 6.26 Å². The van der Waals surface area contributed by atoms with Gasteiger partial charge in [-0.2, -0.15) is 11.8 Å². The fourth-order valence-corrected chi connectivity index (χ4v) is 5.27. The molecule has 2 aromatic rings. The number of carbonyl (C=O) groups is 7. The van der Waals surface area contributed by atoms with Gasteiger partial charge in [0.25, 0.3) is 0 Å². The van der Waals surface area contributed by atoms with E-state index < -0.39 is 60.2 Å². The first-order valence-corrected chi connectivity index (χ1v) is 16.4. The second-order valence-corrected chi connectivity index (χ2v) is 11.6. The van der Waals surface area contributed by atoms with E-state index in [4.69, 9.17) is 0 Å². The number of carboxylic acid groups (broad SMARTS) is 3. The SMILES string of the molecule is CSCCC(NC(=O)CCCCNC(=O)C(Cc1ccc(N(C(=O)C(=O)O)c2ccccc2C(=O)O)c(CCO)c1)NC(C)=O)C(=O)O. The lowest BCUT2D eigenvalue weighted by atomic mass is 9.98. The second-order valence-electron chi connectivity index (χ2n) is 10.6. The van der Waals surface area contributed by atoms with Crippen LogP contribution in [-0.4, -0.2) is 99.2 Å². The Morgan fingerprint density at radius 3 is 2.21 bits per heavy atom. The number of amides is 4. The summed E-state index contributed by atoms with van der Waals surface area (Å²) in [5, 5.41) is 46.0. The number of hydrogen-bond donors (Lipinski definition) is 7. The van der Waals surface area contributed by atoms with Gasteiger partial charge in [0.05, 0.1) is 16.9 Å². The Hall–Kier alpha value is -4.96. The molecule has 0 aliphatic rings. The zero-order valence-electron chi connectivity index (χ0n) is 26.6. The Kier molecular flexibility index (Phi) is 16.0. The van der Waals surface area contributed by atoms with Crippen LogP contribution in [0.2, 0.25) is 0 Å². The third-order valence-electron chi connectivity index (χ3n) is 7.03. The van der Waals surface area contributed by atoms with Crippen LogP contribution >= 0.6 is 11.8 Å². The van der Waals surface area contributed by atoms with Crippen molar-refractivity contribution in [3.63, 3.8) is 0 Å². The number of benzene rings is 2. The highest BCUT2D eigenvalue weighted by Crippen LogP contribution is 2.33. The normalized spacial score (nSPS) is 11.9. The molecule has 16 heteroatoms. The summed E-state index contributed by atoms with van der Waals surface area (Å²) in [4.78, 5) is 85.8. The number of aliphatic hydroxyl groups is 1. The zero-order valence-corrected chi connectivity index (χ0v) is 27.4. The number of thioether (sulfide) groups is 1. The summed E-state index contributed by atoms with van der Waals surface area (Å²) >= 11 is 1.47. The molecular weight excluding hydrogens is 648 g/mol. The highest BCUT2D eigenvalue weighted by Gasteiger charge is 2.30. The van der Waals surface area contributed by atoms with E-state index in [9.17, 15) is 54.0 Å². The van der Waals surface area contributed by atoms with Crippen molar-refractivity contribution in [3.05, 3.63) is 59.2 Å². The van der Waals surface area contributed by atoms with Gasteiger partial charge in [-0.3, -0.25) is 24.1 Å². The third-order valence-corrected chi connectivity index (χ3v) is 7.68. The van der Waals surface area contributed by atoms with Gasteiger partial charge in [-0.25, -0.2) is 14.4 Å². The van der Waals surface area contributed by atoms with Crippen LogP contribution in [0.5, 0.6) is 0 Å². The molecule has 2 unspecified atom stereocenters. The van der Waals surface area contributed by atoms with Gasteiger partial charge in [-0.15, -0.1) is 0 Å². The molecule has 2 rings (SSSR count). The van der Waals surface area contributed by atoms with Gasteiger partial charge in [-0.05, 0) is 67.0 Å². The van der Waals surface area contributed by atoms with E-state index in [1.165, 1.54) is 61.2 Å². The number of carboxylic acids is 3. The lowest BCUT2D eigenvalue weighted by Gasteiger charge is -2.26. The van der Waals surface area contributed by atoms with Crippen molar-refractivity contribution in [2.24, 2.45) is 0 Å². The molecule has 0 aliphatic carbocycles. The number of aromatic carboxylic acids is 1. The highest BCUT2D eigenvalue weighted by molar-refractivity contribution is 7.98. The molecule has 260 valence electrons. The van der Waals surface area contributed by atoms with Crippen LogP contribution in [0.25, 0.3) is 0 Å². The van der Waals surface area contributed by atoms with Crippen molar-refractivity contribution < 1.29 is 54.0 Å². The number of hydrogen-bond acceptors (Lipinski definition) is 9. The molecule has 0 bridgehead atoms. The molecule has 2 aromatic carbocycles. The third kappa shape index (κ3) is 12.0. The van der Waals surface area contributed by atoms with Crippen LogP contribution in [0.4, 0.5) is 11.4 Å². The predicted octanol–water partition coefficient (Wildman–Crippen LogP) is 1.33. The summed E-state index contributed by atoms with van der Waals surface area (Å²) in [6, 6.07) is 7.74. The average molecular weight is 689 g/mol. The van der Waals surface area contributed by atoms with Gasteiger partial charge in [0.2, 0.25) is 17.7 Å². The molecule has 0 fully saturated rings. The number of rotatable bonds is 19. The van der Waals surface area contributed by atoms with Gasteiger partial charge in [0, 0.05) is 32.9 Å². The number of carbonyl (C=O) groups excluding carboxylic acids is 4. The number of nitrogens with one attached hydrogen (secondary N) is 3. The molecule has 4 amide bonds. The highest BCUT2D eigenvalue weighted by atomic mass is 32.2. The minimum Gasteiger partial charge on any atom is -0.480 e. The van der Waals surface area contributed by atoms with E-state index in [0.717, 1.165) is 4.90 Å². The first-order chi connectivity index (χ1) is 22.8. The van der Waals surface area contributed by atoms with Crippen LogP contribution in [-0.2, 0) is 41.6 Å². The lowest BCUT2D eigenvalue weighted by Crippen LogP contribution is -2.47. The van der Waals surface area contributed by atoms with E-state index >= 15 is 0 Å². The van der Waals surface area contributed by atoms with Crippen molar-refractivity contribution in [2.45, 2.75) is 57.5 Å². The van der Waals surface area contributed by atoms with Gasteiger partial charge in [0.1, 0.15) is 12.1 Å². The second kappa shape index (κ2) is 19.6. The lowest BCUT2D eigenvalue weighted by molar-refractivity contribution is -0.148. The molecule has 0 saturated heterocycles. The van der Waals surface area contributed by atoms with Crippen LogP contribution in [0.3, 0.4) is 0 Å². The number of nitrogens with zero attached hydrogens (tertiary/aromatic N) is 1. The molecule has 2 atom stereocenters. The summed E-state index contributed by atoms with van der Waals surface area (Å²) in [5.41, 5.74) is 0.247. The molecule has 0 saturated carbocycles. The number of para-hydroxylation sites is 1. The van der Waals surface area contributed by atoms with Crippen LogP contribution in [0.15, 0.2) is 42.5 Å². The van der Waals surface area contributed by atoms with Gasteiger partial charge < -0.3 is 36.4 Å². The maximum Gasteiger partial charge on any atom is 0.395 e. The van der Waals surface area contributed by atoms with Crippen molar-refractivity contribution in [1.82, 2.24) is 16.0 Å². The fraction of sp³-hybridized carbons (Fsp3) is 0.406. The quantitative estimate of drug-likeness (QED) is 0.0817. The molecule has 48 heavy (non-hydrogen) atoms. The standard InChI is InChI=1S/C32H40N4O11S/c1-19(38)34-24(28(40)33-14-6-5-9-27(39)35-23(31(44)45)13-16-48-2)18-20-10-11-25(21(17-20)12-15-37)36(29(41)32(46)47)26-8-4-3-7-22(26)30(42)43/h3-4,7-8,10-11,17,23-24,37H,5-6,9,12-16,18H2,1-2H3,(H,33,40)(H,34,38)(H,35,39)(H,42,43)(H,44,45)(H,46,47). The summed E-state index contributed by atoms with van der Waals surface area (Å²) in [6.45, 7) is 0.994. The topological polar surface area (TPSA) is 240 Å².